The van der Waals surface area contributed by atoms with Gasteiger partial charge in [-0.3, -0.25) is 20.1 Å². The Bertz CT molecular complexity index is 1790. The number of allylic oxidation sites excluding steroid dienone is 1. The molecule has 1 aliphatic carbocycles. The topological polar surface area (TPSA) is 108 Å². The number of aryl methyl sites for hydroxylation is 1. The number of hydrogen-bond donors (Lipinski definition) is 3. The van der Waals surface area contributed by atoms with Crippen molar-refractivity contribution in [3.63, 3.8) is 0 Å². The summed E-state index contributed by atoms with van der Waals surface area (Å²) in [6.07, 6.45) is 12.8. The van der Waals surface area contributed by atoms with Crippen LogP contribution in [0.4, 0.5) is 5.69 Å². The number of rotatable bonds is 6. The predicted molar refractivity (Wildman–Crippen MR) is 148 cm³/mol. The number of thiophene rings is 1. The summed E-state index contributed by atoms with van der Waals surface area (Å²) < 4.78 is 0. The van der Waals surface area contributed by atoms with E-state index in [1.54, 1.807) is 23.7 Å². The summed E-state index contributed by atoms with van der Waals surface area (Å²) >= 11 is 1.73. The van der Waals surface area contributed by atoms with E-state index < -0.39 is 0 Å². The zero-order valence-corrected chi connectivity index (χ0v) is 21.1. The zero-order chi connectivity index (χ0) is 24.9. The molecule has 182 valence electrons. The molecular weight excluding hydrogens is 480 g/mol. The highest BCUT2D eigenvalue weighted by atomic mass is 32.1. The van der Waals surface area contributed by atoms with E-state index in [0.717, 1.165) is 60.7 Å². The van der Waals surface area contributed by atoms with Gasteiger partial charge in [0, 0.05) is 44.4 Å². The lowest BCUT2D eigenvalue weighted by Crippen LogP contribution is -2.18. The van der Waals surface area contributed by atoms with E-state index in [-0.39, 0.29) is 0 Å². The lowest BCUT2D eigenvalue weighted by molar-refractivity contribution is 0.371. The van der Waals surface area contributed by atoms with Crippen molar-refractivity contribution < 1.29 is 0 Å². The minimum Gasteiger partial charge on any atom is -0.358 e. The number of hydrogen-bond acceptors (Lipinski definition) is 7. The van der Waals surface area contributed by atoms with Crippen LogP contribution in [-0.4, -0.2) is 35.1 Å². The molecule has 6 aromatic rings. The van der Waals surface area contributed by atoms with Crippen LogP contribution in [0.2, 0.25) is 0 Å². The number of nitrogens with one attached hydrogen (secondary N) is 3. The maximum absolute atomic E-state index is 4.95. The van der Waals surface area contributed by atoms with Gasteiger partial charge in [-0.05, 0) is 49.9 Å². The Morgan fingerprint density at radius 2 is 1.95 bits per heavy atom. The Labute approximate surface area is 217 Å². The van der Waals surface area contributed by atoms with Gasteiger partial charge in [-0.2, -0.15) is 5.10 Å². The Kier molecular flexibility index (Phi) is 5.10. The summed E-state index contributed by atoms with van der Waals surface area (Å²) in [5, 5.41) is 12.0. The van der Waals surface area contributed by atoms with Crippen LogP contribution >= 0.6 is 11.3 Å². The second kappa shape index (κ2) is 8.63. The van der Waals surface area contributed by atoms with E-state index in [4.69, 9.17) is 4.98 Å². The van der Waals surface area contributed by atoms with Gasteiger partial charge in [0.25, 0.3) is 0 Å². The standard InChI is InChI=1S/C28H24N8S/c1-15-6-7-25(37-15)21-12-30-13-24-26(21)34-28(33-24)27-20-9-22(31-14-23(20)35-36-27)18-8-19(11-29-10-18)32-16(2)17-4-3-5-17/h6-14,17,32H,2-5H2,1H3,(H,33,34)(H,35,36). The van der Waals surface area contributed by atoms with Gasteiger partial charge in [-0.25, -0.2) is 4.98 Å². The van der Waals surface area contributed by atoms with Gasteiger partial charge >= 0.3 is 0 Å². The second-order valence-corrected chi connectivity index (χ2v) is 10.8. The number of pyridine rings is 3. The van der Waals surface area contributed by atoms with Gasteiger partial charge < -0.3 is 10.3 Å². The van der Waals surface area contributed by atoms with E-state index in [1.807, 2.05) is 24.7 Å². The minimum absolute atomic E-state index is 0.551. The first kappa shape index (κ1) is 21.9. The SMILES string of the molecule is C=C(Nc1cncc(-c2cc3c(-c4nc5c(-c6ccc(C)s6)cncc5[nH]4)n[nH]c3cn2)c1)C1CCC1. The van der Waals surface area contributed by atoms with Crippen molar-refractivity contribution in [3.8, 4) is 33.2 Å². The quantitative estimate of drug-likeness (QED) is 0.232. The second-order valence-electron chi connectivity index (χ2n) is 9.51. The van der Waals surface area contributed by atoms with E-state index in [0.29, 0.717) is 11.7 Å². The number of aromatic nitrogens is 7. The van der Waals surface area contributed by atoms with Crippen LogP contribution in [0, 0.1) is 12.8 Å². The van der Waals surface area contributed by atoms with E-state index in [1.165, 1.54) is 24.1 Å². The molecule has 6 aromatic heterocycles. The van der Waals surface area contributed by atoms with Crippen molar-refractivity contribution in [3.05, 3.63) is 72.4 Å². The lowest BCUT2D eigenvalue weighted by atomic mass is 9.83. The van der Waals surface area contributed by atoms with Gasteiger partial charge in [0.2, 0.25) is 0 Å². The molecule has 0 aliphatic heterocycles. The molecule has 37 heavy (non-hydrogen) atoms. The molecule has 1 aliphatic rings. The van der Waals surface area contributed by atoms with Crippen LogP contribution in [-0.2, 0) is 0 Å². The van der Waals surface area contributed by atoms with E-state index in [9.17, 15) is 0 Å². The fraction of sp³-hybridized carbons (Fsp3) is 0.179. The smallest absolute Gasteiger partial charge is 0.159 e. The predicted octanol–water partition coefficient (Wildman–Crippen LogP) is 6.72. The summed E-state index contributed by atoms with van der Waals surface area (Å²) in [4.78, 5) is 24.3. The molecule has 0 saturated heterocycles. The van der Waals surface area contributed by atoms with Gasteiger partial charge in [-0.15, -0.1) is 11.3 Å². The molecule has 0 bridgehead atoms. The minimum atomic E-state index is 0.551. The molecule has 0 amide bonds. The van der Waals surface area contributed by atoms with Crippen molar-refractivity contribution in [2.75, 3.05) is 5.32 Å². The number of nitrogens with zero attached hydrogens (tertiary/aromatic N) is 5. The highest BCUT2D eigenvalue weighted by molar-refractivity contribution is 7.15. The maximum Gasteiger partial charge on any atom is 0.159 e. The molecule has 0 spiro atoms. The highest BCUT2D eigenvalue weighted by Crippen LogP contribution is 2.35. The average Bonchev–Trinajstić information content (AvgIpc) is 3.60. The van der Waals surface area contributed by atoms with Gasteiger partial charge in [0.05, 0.1) is 41.0 Å². The zero-order valence-electron chi connectivity index (χ0n) is 20.2. The maximum atomic E-state index is 4.95. The fourth-order valence-electron chi connectivity index (χ4n) is 4.75. The molecule has 6 heterocycles. The van der Waals surface area contributed by atoms with Crippen molar-refractivity contribution in [2.45, 2.75) is 26.2 Å². The largest absolute Gasteiger partial charge is 0.358 e. The lowest BCUT2D eigenvalue weighted by Gasteiger charge is -2.28. The molecule has 0 aromatic carbocycles. The molecule has 1 saturated carbocycles. The number of aromatic amines is 2. The Hall–Kier alpha value is -4.37. The molecule has 9 heteroatoms. The van der Waals surface area contributed by atoms with Crippen LogP contribution in [0.15, 0.2) is 67.5 Å². The molecule has 3 N–H and O–H groups in total. The van der Waals surface area contributed by atoms with Crippen LogP contribution < -0.4 is 5.32 Å². The first-order chi connectivity index (χ1) is 18.1. The Morgan fingerprint density at radius 1 is 1.05 bits per heavy atom. The Balaban J connectivity index is 1.26. The van der Waals surface area contributed by atoms with Gasteiger partial charge in [0.15, 0.2) is 5.82 Å². The average molecular weight is 505 g/mol. The first-order valence-electron chi connectivity index (χ1n) is 12.3. The highest BCUT2D eigenvalue weighted by Gasteiger charge is 2.21. The van der Waals surface area contributed by atoms with Gasteiger partial charge in [-0.1, -0.05) is 13.0 Å². The van der Waals surface area contributed by atoms with E-state index >= 15 is 0 Å². The van der Waals surface area contributed by atoms with Crippen LogP contribution in [0.1, 0.15) is 24.1 Å². The molecule has 0 radical (unpaired) electrons. The van der Waals surface area contributed by atoms with Crippen LogP contribution in [0.25, 0.3) is 55.2 Å². The molecule has 1 fully saturated rings. The summed E-state index contributed by atoms with van der Waals surface area (Å²) in [7, 11) is 0. The molecule has 8 nitrogen and oxygen atoms in total. The van der Waals surface area contributed by atoms with Crippen molar-refractivity contribution in [1.29, 1.82) is 0 Å². The molecule has 0 unspecified atom stereocenters. The molecule has 7 rings (SSSR count). The summed E-state index contributed by atoms with van der Waals surface area (Å²) in [5.74, 6) is 1.24. The summed E-state index contributed by atoms with van der Waals surface area (Å²) in [6, 6.07) is 8.33. The van der Waals surface area contributed by atoms with Crippen molar-refractivity contribution in [2.24, 2.45) is 5.92 Å². The number of imidazole rings is 1. The summed E-state index contributed by atoms with van der Waals surface area (Å²) in [6.45, 7) is 6.32. The third-order valence-electron chi connectivity index (χ3n) is 7.01. The number of fused-ring (bicyclic) bond motifs is 2. The normalized spacial score (nSPS) is 13.8. The molecular formula is C28H24N8S. The first-order valence-corrected chi connectivity index (χ1v) is 13.1. The monoisotopic (exact) mass is 504 g/mol. The third-order valence-corrected chi connectivity index (χ3v) is 8.04. The van der Waals surface area contributed by atoms with Gasteiger partial charge in [0.1, 0.15) is 11.2 Å². The van der Waals surface area contributed by atoms with Crippen LogP contribution in [0.3, 0.4) is 0 Å². The number of anilines is 1. The van der Waals surface area contributed by atoms with Crippen LogP contribution in [0.5, 0.6) is 0 Å². The Morgan fingerprint density at radius 3 is 2.76 bits per heavy atom. The summed E-state index contributed by atoms with van der Waals surface area (Å²) in [5.41, 5.74) is 8.06. The fourth-order valence-corrected chi connectivity index (χ4v) is 5.63. The number of H-pyrrole nitrogens is 2. The van der Waals surface area contributed by atoms with Crippen molar-refractivity contribution >= 4 is 39.0 Å². The molecule has 0 atom stereocenters. The third kappa shape index (κ3) is 3.88. The van der Waals surface area contributed by atoms with Crippen molar-refractivity contribution in [1.82, 2.24) is 35.1 Å². The van der Waals surface area contributed by atoms with E-state index in [2.05, 4.69) is 67.2 Å².